The third-order valence-corrected chi connectivity index (χ3v) is 4.78. The lowest BCUT2D eigenvalue weighted by molar-refractivity contribution is 0.0963. The number of rotatable bonds is 6. The van der Waals surface area contributed by atoms with Gasteiger partial charge in [-0.25, -0.2) is 0 Å². The lowest BCUT2D eigenvalue weighted by atomic mass is 10.1. The van der Waals surface area contributed by atoms with Gasteiger partial charge in [-0.05, 0) is 54.0 Å². The topological polar surface area (TPSA) is 38.8 Å². The number of Topliss-reactive ketones (excluding diaryl/α,β-unsaturated/α-hetero) is 1. The van der Waals surface area contributed by atoms with Crippen LogP contribution in [0.1, 0.15) is 42.5 Å². The van der Waals surface area contributed by atoms with Gasteiger partial charge in [-0.3, -0.25) is 4.79 Å². The minimum Gasteiger partial charge on any atom is -0.493 e. The molecule has 1 aliphatic heterocycles. The van der Waals surface area contributed by atoms with Gasteiger partial charge in [0.25, 0.3) is 0 Å². The molecule has 1 fully saturated rings. The van der Waals surface area contributed by atoms with Crippen molar-refractivity contribution in [1.82, 2.24) is 4.90 Å². The minimum atomic E-state index is 0.136. The number of halogens is 1. The van der Waals surface area contributed by atoms with Crippen LogP contribution in [0.3, 0.4) is 0 Å². The van der Waals surface area contributed by atoms with Crippen molar-refractivity contribution in [3.8, 4) is 11.5 Å². The summed E-state index contributed by atoms with van der Waals surface area (Å²) >= 11 is 3.46. The summed E-state index contributed by atoms with van der Waals surface area (Å²) in [6, 6.07) is 3.55. The summed E-state index contributed by atoms with van der Waals surface area (Å²) in [5.41, 5.74) is 0.660. The van der Waals surface area contributed by atoms with E-state index in [1.807, 2.05) is 0 Å². The number of carbonyl (C=O) groups is 1. The van der Waals surface area contributed by atoms with E-state index in [0.29, 0.717) is 23.5 Å². The Labute approximate surface area is 140 Å². The summed E-state index contributed by atoms with van der Waals surface area (Å²) in [5, 5.41) is 0. The Hall–Kier alpha value is -1.07. The number of methoxy groups -OCH3 is 2. The number of hydrogen-bond donors (Lipinski definition) is 0. The highest BCUT2D eigenvalue weighted by molar-refractivity contribution is 9.10. The zero-order valence-electron chi connectivity index (χ0n) is 13.4. The van der Waals surface area contributed by atoms with Gasteiger partial charge in [0.15, 0.2) is 17.3 Å². The molecule has 1 aromatic carbocycles. The highest BCUT2D eigenvalue weighted by Gasteiger charge is 2.17. The van der Waals surface area contributed by atoms with Gasteiger partial charge in [0.1, 0.15) is 0 Å². The Morgan fingerprint density at radius 1 is 1.09 bits per heavy atom. The van der Waals surface area contributed by atoms with E-state index in [-0.39, 0.29) is 5.78 Å². The van der Waals surface area contributed by atoms with E-state index < -0.39 is 0 Å². The molecule has 0 amide bonds. The van der Waals surface area contributed by atoms with Crippen molar-refractivity contribution in [2.45, 2.75) is 32.1 Å². The van der Waals surface area contributed by atoms with Gasteiger partial charge >= 0.3 is 0 Å². The Bertz CT molecular complexity index is 511. The summed E-state index contributed by atoms with van der Waals surface area (Å²) in [6.07, 6.45) is 5.65. The average molecular weight is 370 g/mol. The molecule has 2 rings (SSSR count). The molecule has 5 heteroatoms. The van der Waals surface area contributed by atoms with Gasteiger partial charge in [-0.2, -0.15) is 0 Å². The summed E-state index contributed by atoms with van der Waals surface area (Å²) in [5.74, 6) is 1.35. The molecule has 0 saturated carbocycles. The number of ether oxygens (including phenoxy) is 2. The van der Waals surface area contributed by atoms with Crippen LogP contribution in [0.25, 0.3) is 0 Å². The monoisotopic (exact) mass is 369 g/mol. The van der Waals surface area contributed by atoms with E-state index in [1.54, 1.807) is 26.4 Å². The van der Waals surface area contributed by atoms with Crippen LogP contribution < -0.4 is 9.47 Å². The zero-order chi connectivity index (χ0) is 15.9. The van der Waals surface area contributed by atoms with Crippen LogP contribution in [-0.2, 0) is 0 Å². The van der Waals surface area contributed by atoms with E-state index in [1.165, 1.54) is 25.7 Å². The Morgan fingerprint density at radius 3 is 2.27 bits per heavy atom. The molecule has 0 radical (unpaired) electrons. The molecule has 0 aliphatic carbocycles. The first kappa shape index (κ1) is 17.3. The maximum atomic E-state index is 12.5. The van der Waals surface area contributed by atoms with Crippen molar-refractivity contribution in [3.63, 3.8) is 0 Å². The summed E-state index contributed by atoms with van der Waals surface area (Å²) < 4.78 is 11.3. The fraction of sp³-hybridized carbons (Fsp3) is 0.588. The highest BCUT2D eigenvalue weighted by atomic mass is 79.9. The molecule has 1 aliphatic rings. The standard InChI is InChI=1S/C17H24BrNO3/c1-21-16-11-13(14(18)12-17(16)22-2)15(20)7-10-19-8-5-3-4-6-9-19/h11-12H,3-10H2,1-2H3. The fourth-order valence-electron chi connectivity index (χ4n) is 2.82. The fourth-order valence-corrected chi connectivity index (χ4v) is 3.37. The molecule has 0 N–H and O–H groups in total. The molecule has 1 heterocycles. The molecule has 1 saturated heterocycles. The van der Waals surface area contributed by atoms with Crippen molar-refractivity contribution in [2.75, 3.05) is 33.9 Å². The normalized spacial score (nSPS) is 16.1. The summed E-state index contributed by atoms with van der Waals surface area (Å²) in [4.78, 5) is 14.9. The molecule has 22 heavy (non-hydrogen) atoms. The van der Waals surface area contributed by atoms with E-state index in [9.17, 15) is 4.79 Å². The predicted molar refractivity (Wildman–Crippen MR) is 91.1 cm³/mol. The Morgan fingerprint density at radius 2 is 1.68 bits per heavy atom. The average Bonchev–Trinajstić information content (AvgIpc) is 2.81. The molecule has 0 bridgehead atoms. The van der Waals surface area contributed by atoms with Gasteiger partial charge in [-0.15, -0.1) is 0 Å². The van der Waals surface area contributed by atoms with Crippen LogP contribution >= 0.6 is 15.9 Å². The number of ketones is 1. The van der Waals surface area contributed by atoms with Crippen molar-refractivity contribution < 1.29 is 14.3 Å². The maximum absolute atomic E-state index is 12.5. The maximum Gasteiger partial charge on any atom is 0.165 e. The second-order valence-electron chi connectivity index (χ2n) is 5.62. The third-order valence-electron chi connectivity index (χ3n) is 4.13. The Balaban J connectivity index is 2.02. The molecule has 4 nitrogen and oxygen atoms in total. The van der Waals surface area contributed by atoms with Crippen LogP contribution in [0.15, 0.2) is 16.6 Å². The third kappa shape index (κ3) is 4.46. The Kier molecular flexibility index (Phi) is 6.70. The molecule has 0 spiro atoms. The number of carbonyl (C=O) groups excluding carboxylic acids is 1. The van der Waals surface area contributed by atoms with Crippen LogP contribution in [0.5, 0.6) is 11.5 Å². The van der Waals surface area contributed by atoms with Crippen LogP contribution in [0.2, 0.25) is 0 Å². The predicted octanol–water partition coefficient (Wildman–Crippen LogP) is 3.92. The first-order chi connectivity index (χ1) is 10.7. The van der Waals surface area contributed by atoms with E-state index in [0.717, 1.165) is 24.1 Å². The second-order valence-corrected chi connectivity index (χ2v) is 6.47. The van der Waals surface area contributed by atoms with E-state index in [2.05, 4.69) is 20.8 Å². The number of nitrogens with zero attached hydrogens (tertiary/aromatic N) is 1. The molecule has 0 aromatic heterocycles. The zero-order valence-corrected chi connectivity index (χ0v) is 14.9. The van der Waals surface area contributed by atoms with E-state index >= 15 is 0 Å². The molecular weight excluding hydrogens is 346 g/mol. The molecule has 122 valence electrons. The van der Waals surface area contributed by atoms with Crippen molar-refractivity contribution >= 4 is 21.7 Å². The van der Waals surface area contributed by atoms with Gasteiger partial charge in [-0.1, -0.05) is 12.8 Å². The number of hydrogen-bond acceptors (Lipinski definition) is 4. The molecule has 0 atom stereocenters. The summed E-state index contributed by atoms with van der Waals surface area (Å²) in [6.45, 7) is 3.06. The van der Waals surface area contributed by atoms with Crippen molar-refractivity contribution in [3.05, 3.63) is 22.2 Å². The molecule has 0 unspecified atom stereocenters. The molecular formula is C17H24BrNO3. The SMILES string of the molecule is COc1cc(Br)c(C(=O)CCN2CCCCCC2)cc1OC. The largest absolute Gasteiger partial charge is 0.493 e. The van der Waals surface area contributed by atoms with Crippen molar-refractivity contribution in [1.29, 1.82) is 0 Å². The minimum absolute atomic E-state index is 0.136. The van der Waals surface area contributed by atoms with E-state index in [4.69, 9.17) is 9.47 Å². The second kappa shape index (κ2) is 8.53. The van der Waals surface area contributed by atoms with Crippen LogP contribution in [0.4, 0.5) is 0 Å². The van der Waals surface area contributed by atoms with Crippen LogP contribution in [0, 0.1) is 0 Å². The summed E-state index contributed by atoms with van der Waals surface area (Å²) in [7, 11) is 3.17. The number of likely N-dealkylation sites (tertiary alicyclic amines) is 1. The highest BCUT2D eigenvalue weighted by Crippen LogP contribution is 2.33. The quantitative estimate of drug-likeness (QED) is 0.712. The van der Waals surface area contributed by atoms with Gasteiger partial charge in [0, 0.05) is 23.0 Å². The molecule has 1 aromatic rings. The smallest absolute Gasteiger partial charge is 0.165 e. The first-order valence-corrected chi connectivity index (χ1v) is 8.62. The van der Waals surface area contributed by atoms with Gasteiger partial charge < -0.3 is 14.4 Å². The number of benzene rings is 1. The first-order valence-electron chi connectivity index (χ1n) is 7.82. The van der Waals surface area contributed by atoms with Crippen molar-refractivity contribution in [2.24, 2.45) is 0 Å². The lowest BCUT2D eigenvalue weighted by Gasteiger charge is -2.19. The van der Waals surface area contributed by atoms with Gasteiger partial charge in [0.05, 0.1) is 14.2 Å². The lowest BCUT2D eigenvalue weighted by Crippen LogP contribution is -2.27. The van der Waals surface area contributed by atoms with Gasteiger partial charge in [0.2, 0.25) is 0 Å². The van der Waals surface area contributed by atoms with Crippen LogP contribution in [-0.4, -0.2) is 44.5 Å².